The lowest BCUT2D eigenvalue weighted by Gasteiger charge is -2.17. The molecule has 2 rings (SSSR count). The second-order valence-electron chi connectivity index (χ2n) is 5.11. The first-order chi connectivity index (χ1) is 10.0. The molecule has 110 valence electrons. The highest BCUT2D eigenvalue weighted by atomic mass is 16.1. The van der Waals surface area contributed by atoms with Crippen LogP contribution in [0, 0.1) is 6.92 Å². The maximum atomic E-state index is 12.2. The van der Waals surface area contributed by atoms with Crippen molar-refractivity contribution < 1.29 is 4.79 Å². The van der Waals surface area contributed by atoms with Crippen molar-refractivity contribution in [3.63, 3.8) is 0 Å². The average Bonchev–Trinajstić information content (AvgIpc) is 2.49. The summed E-state index contributed by atoms with van der Waals surface area (Å²) in [5, 5.41) is 2.86. The Morgan fingerprint density at radius 1 is 1.29 bits per heavy atom. The number of rotatable bonds is 4. The quantitative estimate of drug-likeness (QED) is 0.902. The molecule has 0 fully saturated rings. The first-order valence-corrected chi connectivity index (χ1v) is 6.75. The molecule has 0 aliphatic rings. The van der Waals surface area contributed by atoms with E-state index in [0.29, 0.717) is 12.2 Å². The van der Waals surface area contributed by atoms with Gasteiger partial charge in [-0.1, -0.05) is 12.1 Å². The molecule has 2 aromatic rings. The van der Waals surface area contributed by atoms with Gasteiger partial charge in [-0.15, -0.1) is 0 Å². The SMILES string of the molecule is Cc1ccc(NC(=O)c2ccc(CN)cn2)cc1N(C)C. The van der Waals surface area contributed by atoms with Gasteiger partial charge in [0.15, 0.2) is 0 Å². The standard InChI is InChI=1S/C16H20N4O/c1-11-4-6-13(8-15(11)20(2)3)19-16(21)14-7-5-12(9-17)10-18-14/h4-8,10H,9,17H2,1-3H3,(H,19,21). The van der Waals surface area contributed by atoms with Crippen molar-refractivity contribution in [3.05, 3.63) is 53.3 Å². The molecule has 0 bridgehead atoms. The zero-order valence-corrected chi connectivity index (χ0v) is 12.6. The minimum absolute atomic E-state index is 0.230. The molecule has 0 radical (unpaired) electrons. The third-order valence-corrected chi connectivity index (χ3v) is 3.24. The first kappa shape index (κ1) is 15.0. The maximum absolute atomic E-state index is 12.2. The molecule has 0 spiro atoms. The number of anilines is 2. The van der Waals surface area contributed by atoms with E-state index in [1.807, 2.05) is 50.2 Å². The van der Waals surface area contributed by atoms with Crippen LogP contribution in [-0.4, -0.2) is 25.0 Å². The molecular formula is C16H20N4O. The topological polar surface area (TPSA) is 71.2 Å². The van der Waals surface area contributed by atoms with Gasteiger partial charge in [0.2, 0.25) is 0 Å². The van der Waals surface area contributed by atoms with Gasteiger partial charge in [0, 0.05) is 38.2 Å². The largest absolute Gasteiger partial charge is 0.377 e. The highest BCUT2D eigenvalue weighted by Crippen LogP contribution is 2.22. The molecule has 21 heavy (non-hydrogen) atoms. The number of carbonyl (C=O) groups is 1. The number of aromatic nitrogens is 1. The van der Waals surface area contributed by atoms with Gasteiger partial charge in [-0.05, 0) is 36.2 Å². The number of hydrogen-bond acceptors (Lipinski definition) is 4. The highest BCUT2D eigenvalue weighted by molar-refractivity contribution is 6.03. The minimum atomic E-state index is -0.230. The number of hydrogen-bond donors (Lipinski definition) is 2. The zero-order chi connectivity index (χ0) is 15.4. The lowest BCUT2D eigenvalue weighted by atomic mass is 10.1. The summed E-state index contributed by atoms with van der Waals surface area (Å²) in [6, 6.07) is 9.30. The Bertz CT molecular complexity index is 635. The first-order valence-electron chi connectivity index (χ1n) is 6.75. The van der Waals surface area contributed by atoms with E-state index in [2.05, 4.69) is 10.3 Å². The van der Waals surface area contributed by atoms with Crippen molar-refractivity contribution in [1.29, 1.82) is 0 Å². The Morgan fingerprint density at radius 3 is 2.62 bits per heavy atom. The van der Waals surface area contributed by atoms with Crippen LogP contribution in [0.5, 0.6) is 0 Å². The highest BCUT2D eigenvalue weighted by Gasteiger charge is 2.09. The van der Waals surface area contributed by atoms with Crippen LogP contribution in [0.4, 0.5) is 11.4 Å². The smallest absolute Gasteiger partial charge is 0.274 e. The molecule has 0 aliphatic heterocycles. The van der Waals surface area contributed by atoms with E-state index in [-0.39, 0.29) is 5.91 Å². The van der Waals surface area contributed by atoms with Gasteiger partial charge in [-0.25, -0.2) is 0 Å². The second kappa shape index (κ2) is 6.37. The number of aryl methyl sites for hydroxylation is 1. The molecule has 0 atom stereocenters. The zero-order valence-electron chi connectivity index (χ0n) is 12.6. The van der Waals surface area contributed by atoms with Crippen molar-refractivity contribution in [2.24, 2.45) is 5.73 Å². The van der Waals surface area contributed by atoms with E-state index < -0.39 is 0 Å². The summed E-state index contributed by atoms with van der Waals surface area (Å²) in [5.41, 5.74) is 9.76. The molecule has 1 aromatic heterocycles. The third kappa shape index (κ3) is 3.58. The maximum Gasteiger partial charge on any atom is 0.274 e. The lowest BCUT2D eigenvalue weighted by Crippen LogP contribution is -2.15. The Labute approximate surface area is 124 Å². The summed E-state index contributed by atoms with van der Waals surface area (Å²) in [7, 11) is 3.95. The number of nitrogens with two attached hydrogens (primary N) is 1. The summed E-state index contributed by atoms with van der Waals surface area (Å²) >= 11 is 0. The predicted molar refractivity (Wildman–Crippen MR) is 85.6 cm³/mol. The van der Waals surface area contributed by atoms with Crippen molar-refractivity contribution in [2.75, 3.05) is 24.3 Å². The van der Waals surface area contributed by atoms with Gasteiger partial charge in [-0.2, -0.15) is 0 Å². The van der Waals surface area contributed by atoms with Gasteiger partial charge < -0.3 is 16.0 Å². The van der Waals surface area contributed by atoms with Crippen LogP contribution in [0.3, 0.4) is 0 Å². The summed E-state index contributed by atoms with van der Waals surface area (Å²) in [5.74, 6) is -0.230. The van der Waals surface area contributed by atoms with Gasteiger partial charge in [0.25, 0.3) is 5.91 Å². The number of benzene rings is 1. The van der Waals surface area contributed by atoms with Crippen LogP contribution in [-0.2, 0) is 6.54 Å². The second-order valence-corrected chi connectivity index (χ2v) is 5.11. The lowest BCUT2D eigenvalue weighted by molar-refractivity contribution is 0.102. The number of nitrogens with one attached hydrogen (secondary N) is 1. The molecule has 1 aromatic carbocycles. The fourth-order valence-electron chi connectivity index (χ4n) is 2.04. The summed E-state index contributed by atoms with van der Waals surface area (Å²) in [6.45, 7) is 2.45. The van der Waals surface area contributed by atoms with Gasteiger partial charge >= 0.3 is 0 Å². The van der Waals surface area contributed by atoms with Crippen LogP contribution >= 0.6 is 0 Å². The predicted octanol–water partition coefficient (Wildman–Crippen LogP) is 2.17. The van der Waals surface area contributed by atoms with Crippen molar-refractivity contribution in [1.82, 2.24) is 4.98 Å². The number of pyridine rings is 1. The Morgan fingerprint density at radius 2 is 2.05 bits per heavy atom. The van der Waals surface area contributed by atoms with E-state index in [1.165, 1.54) is 0 Å². The van der Waals surface area contributed by atoms with Crippen LogP contribution in [0.2, 0.25) is 0 Å². The third-order valence-electron chi connectivity index (χ3n) is 3.24. The summed E-state index contributed by atoms with van der Waals surface area (Å²) < 4.78 is 0. The molecule has 0 unspecified atom stereocenters. The number of carbonyl (C=O) groups excluding carboxylic acids is 1. The van der Waals surface area contributed by atoms with Gasteiger partial charge in [0.1, 0.15) is 5.69 Å². The van der Waals surface area contributed by atoms with E-state index >= 15 is 0 Å². The molecule has 1 heterocycles. The number of nitrogens with zero attached hydrogens (tertiary/aromatic N) is 2. The minimum Gasteiger partial charge on any atom is -0.377 e. The summed E-state index contributed by atoms with van der Waals surface area (Å²) in [4.78, 5) is 18.3. The molecule has 1 amide bonds. The molecule has 5 heteroatoms. The Balaban J connectivity index is 2.17. The van der Waals surface area contributed by atoms with E-state index in [1.54, 1.807) is 12.3 Å². The van der Waals surface area contributed by atoms with Crippen LogP contribution in [0.25, 0.3) is 0 Å². The Hall–Kier alpha value is -2.40. The van der Waals surface area contributed by atoms with Crippen molar-refractivity contribution in [2.45, 2.75) is 13.5 Å². The molecule has 0 aliphatic carbocycles. The van der Waals surface area contributed by atoms with E-state index in [0.717, 1.165) is 22.5 Å². The molecule has 0 saturated carbocycles. The molecular weight excluding hydrogens is 264 g/mol. The Kier molecular flexibility index (Phi) is 4.55. The molecule has 3 N–H and O–H groups in total. The van der Waals surface area contributed by atoms with Crippen molar-refractivity contribution in [3.8, 4) is 0 Å². The normalized spacial score (nSPS) is 10.3. The average molecular weight is 284 g/mol. The van der Waals surface area contributed by atoms with Crippen LogP contribution in [0.1, 0.15) is 21.6 Å². The van der Waals surface area contributed by atoms with Crippen LogP contribution < -0.4 is 16.0 Å². The van der Waals surface area contributed by atoms with E-state index in [4.69, 9.17) is 5.73 Å². The number of amides is 1. The fraction of sp³-hybridized carbons (Fsp3) is 0.250. The summed E-state index contributed by atoms with van der Waals surface area (Å²) in [6.07, 6.45) is 1.62. The van der Waals surface area contributed by atoms with Crippen molar-refractivity contribution >= 4 is 17.3 Å². The van der Waals surface area contributed by atoms with E-state index in [9.17, 15) is 4.79 Å². The van der Waals surface area contributed by atoms with Gasteiger partial charge in [-0.3, -0.25) is 9.78 Å². The molecule has 5 nitrogen and oxygen atoms in total. The monoisotopic (exact) mass is 284 g/mol. The molecule has 0 saturated heterocycles. The van der Waals surface area contributed by atoms with Gasteiger partial charge in [0.05, 0.1) is 0 Å². The van der Waals surface area contributed by atoms with Crippen LogP contribution in [0.15, 0.2) is 36.5 Å². The fourth-order valence-corrected chi connectivity index (χ4v) is 2.04.